The first kappa shape index (κ1) is 14.4. The van der Waals surface area contributed by atoms with Crippen LogP contribution in [0.3, 0.4) is 0 Å². The van der Waals surface area contributed by atoms with Gasteiger partial charge in [0.15, 0.2) is 0 Å². The highest BCUT2D eigenvalue weighted by Gasteiger charge is 2.28. The van der Waals surface area contributed by atoms with E-state index < -0.39 is 5.25 Å². The topological polar surface area (TPSA) is 83.7 Å². The quantitative estimate of drug-likeness (QED) is 0.669. The summed E-state index contributed by atoms with van der Waals surface area (Å²) in [5, 5.41) is 6.13. The van der Waals surface area contributed by atoms with Crippen molar-refractivity contribution in [2.45, 2.75) is 16.6 Å². The number of hydrazone groups is 1. The number of hydrogen-bond donors (Lipinski definition) is 2. The molecule has 0 saturated heterocycles. The summed E-state index contributed by atoms with van der Waals surface area (Å²) in [6.07, 6.45) is 2.98. The Morgan fingerprint density at radius 2 is 2.23 bits per heavy atom. The molecule has 0 saturated carbocycles. The van der Waals surface area contributed by atoms with Gasteiger partial charge in [-0.25, -0.2) is 5.43 Å². The molecule has 2 amide bonds. The molecule has 6 nitrogen and oxygen atoms in total. The normalized spacial score (nSPS) is 17.1. The fourth-order valence-electron chi connectivity index (χ4n) is 1.97. The molecule has 112 valence electrons. The van der Waals surface area contributed by atoms with Crippen molar-refractivity contribution in [2.75, 3.05) is 5.32 Å². The Kier molecular flexibility index (Phi) is 4.24. The van der Waals surface area contributed by atoms with Crippen molar-refractivity contribution < 1.29 is 14.0 Å². The second kappa shape index (κ2) is 6.48. The highest BCUT2D eigenvalue weighted by molar-refractivity contribution is 8.01. The number of carbonyl (C=O) groups excluding carboxylic acids is 2. The van der Waals surface area contributed by atoms with E-state index >= 15 is 0 Å². The Bertz CT molecular complexity index is 713. The monoisotopic (exact) mass is 315 g/mol. The molecule has 1 aromatic heterocycles. The summed E-state index contributed by atoms with van der Waals surface area (Å²) in [5.74, 6) is 0.0442. The van der Waals surface area contributed by atoms with E-state index in [-0.39, 0.29) is 18.2 Å². The standard InChI is InChI=1S/C15H13N3O3S/c19-14(18-16-9-10-4-3-7-21-10)8-13-15(20)17-11-5-1-2-6-12(11)22-13/h1-7,9,13H,8H2,(H,17,20)(H,18,19). The Morgan fingerprint density at radius 1 is 1.36 bits per heavy atom. The van der Waals surface area contributed by atoms with Gasteiger partial charge in [-0.3, -0.25) is 9.59 Å². The van der Waals surface area contributed by atoms with Crippen LogP contribution in [0.25, 0.3) is 0 Å². The Hall–Kier alpha value is -2.54. The summed E-state index contributed by atoms with van der Waals surface area (Å²) in [7, 11) is 0. The van der Waals surface area contributed by atoms with Gasteiger partial charge in [0.05, 0.1) is 23.4 Å². The summed E-state index contributed by atoms with van der Waals surface area (Å²) in [4.78, 5) is 24.8. The fraction of sp³-hybridized carbons (Fsp3) is 0.133. The van der Waals surface area contributed by atoms with Crippen LogP contribution in [0.2, 0.25) is 0 Å². The summed E-state index contributed by atoms with van der Waals surface area (Å²) < 4.78 is 5.05. The number of hydrogen-bond acceptors (Lipinski definition) is 5. The van der Waals surface area contributed by atoms with Gasteiger partial charge in [0.2, 0.25) is 11.8 Å². The molecule has 0 spiro atoms. The van der Waals surface area contributed by atoms with Gasteiger partial charge < -0.3 is 9.73 Å². The minimum absolute atomic E-state index is 0.0559. The van der Waals surface area contributed by atoms with Gasteiger partial charge in [0.25, 0.3) is 0 Å². The van der Waals surface area contributed by atoms with Gasteiger partial charge in [-0.05, 0) is 24.3 Å². The van der Waals surface area contributed by atoms with E-state index in [2.05, 4.69) is 15.8 Å². The number of thioether (sulfide) groups is 1. The van der Waals surface area contributed by atoms with Crippen LogP contribution in [0, 0.1) is 0 Å². The molecule has 1 unspecified atom stereocenters. The highest BCUT2D eigenvalue weighted by Crippen LogP contribution is 2.36. The lowest BCUT2D eigenvalue weighted by molar-refractivity contribution is -0.124. The highest BCUT2D eigenvalue weighted by atomic mass is 32.2. The number of rotatable bonds is 4. The van der Waals surface area contributed by atoms with E-state index in [1.165, 1.54) is 24.2 Å². The van der Waals surface area contributed by atoms with Gasteiger partial charge in [0.1, 0.15) is 5.76 Å². The molecular formula is C15H13N3O3S. The zero-order valence-electron chi connectivity index (χ0n) is 11.5. The van der Waals surface area contributed by atoms with Gasteiger partial charge in [0, 0.05) is 11.3 Å². The maximum absolute atomic E-state index is 12.0. The van der Waals surface area contributed by atoms with E-state index in [0.29, 0.717) is 5.76 Å². The molecule has 7 heteroatoms. The average Bonchev–Trinajstić information content (AvgIpc) is 3.01. The zero-order chi connectivity index (χ0) is 15.4. The second-order valence-electron chi connectivity index (χ2n) is 4.60. The summed E-state index contributed by atoms with van der Waals surface area (Å²) in [6, 6.07) is 11.0. The van der Waals surface area contributed by atoms with E-state index in [4.69, 9.17) is 4.42 Å². The Morgan fingerprint density at radius 3 is 3.05 bits per heavy atom. The van der Waals surface area contributed by atoms with Crippen LogP contribution in [0.5, 0.6) is 0 Å². The van der Waals surface area contributed by atoms with Crippen molar-refractivity contribution in [1.29, 1.82) is 0 Å². The number of amides is 2. The lowest BCUT2D eigenvalue weighted by atomic mass is 10.2. The lowest BCUT2D eigenvalue weighted by Crippen LogP contribution is -2.33. The molecule has 2 N–H and O–H groups in total. The predicted molar refractivity (Wildman–Crippen MR) is 83.8 cm³/mol. The third-order valence-corrected chi connectivity index (χ3v) is 4.28. The first-order chi connectivity index (χ1) is 10.7. The Labute approximate surface area is 131 Å². The van der Waals surface area contributed by atoms with Crippen molar-refractivity contribution >= 4 is 35.5 Å². The van der Waals surface area contributed by atoms with Crippen molar-refractivity contribution in [3.63, 3.8) is 0 Å². The molecule has 22 heavy (non-hydrogen) atoms. The van der Waals surface area contributed by atoms with Crippen LogP contribution in [-0.2, 0) is 9.59 Å². The van der Waals surface area contributed by atoms with Gasteiger partial charge in [-0.2, -0.15) is 5.10 Å². The number of fused-ring (bicyclic) bond motifs is 1. The van der Waals surface area contributed by atoms with E-state index in [9.17, 15) is 9.59 Å². The smallest absolute Gasteiger partial charge is 0.241 e. The van der Waals surface area contributed by atoms with Crippen LogP contribution in [0.1, 0.15) is 12.2 Å². The third kappa shape index (κ3) is 3.37. The number of anilines is 1. The Balaban J connectivity index is 1.57. The molecule has 2 heterocycles. The van der Waals surface area contributed by atoms with E-state index in [0.717, 1.165) is 10.6 Å². The van der Waals surface area contributed by atoms with Crippen LogP contribution in [0.4, 0.5) is 5.69 Å². The van der Waals surface area contributed by atoms with Crippen LogP contribution in [0.15, 0.2) is 57.1 Å². The molecule has 0 aliphatic carbocycles. The number of nitrogens with zero attached hydrogens (tertiary/aromatic N) is 1. The largest absolute Gasteiger partial charge is 0.463 e. The fourth-order valence-corrected chi connectivity index (χ4v) is 3.08. The first-order valence-corrected chi connectivity index (χ1v) is 7.52. The van der Waals surface area contributed by atoms with Crippen molar-refractivity contribution in [1.82, 2.24) is 5.43 Å². The van der Waals surface area contributed by atoms with Crippen LogP contribution >= 0.6 is 11.8 Å². The molecule has 1 aliphatic heterocycles. The number of carbonyl (C=O) groups is 2. The second-order valence-corrected chi connectivity index (χ2v) is 5.85. The van der Waals surface area contributed by atoms with Gasteiger partial charge >= 0.3 is 0 Å². The molecule has 3 rings (SSSR count). The minimum atomic E-state index is -0.464. The molecule has 0 radical (unpaired) electrons. The summed E-state index contributed by atoms with van der Waals surface area (Å²) in [5.41, 5.74) is 3.17. The van der Waals surface area contributed by atoms with E-state index in [1.807, 2.05) is 24.3 Å². The minimum Gasteiger partial charge on any atom is -0.463 e. The van der Waals surface area contributed by atoms with Gasteiger partial charge in [-0.15, -0.1) is 11.8 Å². The number of furan rings is 1. The maximum atomic E-state index is 12.0. The first-order valence-electron chi connectivity index (χ1n) is 6.64. The zero-order valence-corrected chi connectivity index (χ0v) is 12.3. The molecule has 0 fully saturated rings. The summed E-state index contributed by atoms with van der Waals surface area (Å²) in [6.45, 7) is 0. The number of benzene rings is 1. The molecule has 0 bridgehead atoms. The average molecular weight is 315 g/mol. The molecular weight excluding hydrogens is 302 g/mol. The molecule has 2 aromatic rings. The molecule has 1 atom stereocenters. The molecule has 1 aliphatic rings. The summed E-state index contributed by atoms with van der Waals surface area (Å²) >= 11 is 1.38. The number of para-hydroxylation sites is 1. The van der Waals surface area contributed by atoms with Gasteiger partial charge in [-0.1, -0.05) is 12.1 Å². The van der Waals surface area contributed by atoms with Crippen molar-refractivity contribution in [2.24, 2.45) is 5.10 Å². The predicted octanol–water partition coefficient (Wildman–Crippen LogP) is 2.23. The van der Waals surface area contributed by atoms with Crippen LogP contribution < -0.4 is 10.7 Å². The number of nitrogens with one attached hydrogen (secondary N) is 2. The third-order valence-electron chi connectivity index (χ3n) is 3.00. The van der Waals surface area contributed by atoms with E-state index in [1.54, 1.807) is 12.1 Å². The van der Waals surface area contributed by atoms with Crippen LogP contribution in [-0.4, -0.2) is 23.3 Å². The maximum Gasteiger partial charge on any atom is 0.241 e. The molecule has 1 aromatic carbocycles. The SMILES string of the molecule is O=C(CC1Sc2ccccc2NC1=O)NN=Cc1ccco1. The van der Waals surface area contributed by atoms with Crippen molar-refractivity contribution in [3.05, 3.63) is 48.4 Å². The van der Waals surface area contributed by atoms with Crippen molar-refractivity contribution in [3.8, 4) is 0 Å². The lowest BCUT2D eigenvalue weighted by Gasteiger charge is -2.23.